The monoisotopic (exact) mass is 174 g/mol. The smallest absolute Gasteiger partial charge is 0.423 e. The molecule has 0 heterocycles. The molecule has 1 aromatic rings. The molecule has 2 nitrogen and oxygen atoms in total. The van der Waals surface area contributed by atoms with Crippen molar-refractivity contribution in [2.45, 2.75) is 13.3 Å². The maximum absolute atomic E-state index is 9.10. The van der Waals surface area contributed by atoms with Crippen molar-refractivity contribution >= 4 is 18.7 Å². The van der Waals surface area contributed by atoms with E-state index in [0.717, 1.165) is 12.0 Å². The van der Waals surface area contributed by atoms with Gasteiger partial charge in [0.1, 0.15) is 0 Å². The first-order valence-corrected chi connectivity index (χ1v) is 4.33. The Morgan fingerprint density at radius 2 is 2.08 bits per heavy atom. The van der Waals surface area contributed by atoms with Crippen molar-refractivity contribution in [3.63, 3.8) is 0 Å². The topological polar surface area (TPSA) is 40.5 Å². The quantitative estimate of drug-likeness (QED) is 0.602. The number of fused-ring (bicyclic) bond motifs is 1. The van der Waals surface area contributed by atoms with Gasteiger partial charge in [-0.25, -0.2) is 0 Å². The lowest BCUT2D eigenvalue weighted by Gasteiger charge is -2.05. The van der Waals surface area contributed by atoms with Crippen LogP contribution in [0, 0.1) is 0 Å². The highest BCUT2D eigenvalue weighted by Gasteiger charge is 2.19. The summed E-state index contributed by atoms with van der Waals surface area (Å²) in [5, 5.41) is 18.2. The van der Waals surface area contributed by atoms with Crippen molar-refractivity contribution in [3.8, 4) is 0 Å². The average molecular weight is 174 g/mol. The maximum atomic E-state index is 9.10. The van der Waals surface area contributed by atoms with Crippen LogP contribution in [0.1, 0.15) is 18.1 Å². The third kappa shape index (κ3) is 1.41. The van der Waals surface area contributed by atoms with Crippen LogP contribution in [0.15, 0.2) is 23.8 Å². The van der Waals surface area contributed by atoms with Crippen LogP contribution < -0.4 is 5.46 Å². The lowest BCUT2D eigenvalue weighted by atomic mass is 9.76. The molecular formula is C10H11BO2. The highest BCUT2D eigenvalue weighted by Crippen LogP contribution is 2.22. The molecule has 13 heavy (non-hydrogen) atoms. The van der Waals surface area contributed by atoms with Crippen LogP contribution in [-0.4, -0.2) is 17.2 Å². The molecule has 0 unspecified atom stereocenters. The molecule has 0 saturated carbocycles. The second-order valence-electron chi connectivity index (χ2n) is 3.46. The van der Waals surface area contributed by atoms with Gasteiger partial charge < -0.3 is 10.0 Å². The van der Waals surface area contributed by atoms with Crippen LogP contribution in [0.25, 0.3) is 6.08 Å². The van der Waals surface area contributed by atoms with Crippen molar-refractivity contribution in [1.82, 2.24) is 0 Å². The predicted molar refractivity (Wildman–Crippen MR) is 53.6 cm³/mol. The zero-order valence-electron chi connectivity index (χ0n) is 7.49. The fraction of sp³-hybridized carbons (Fsp3) is 0.200. The lowest BCUT2D eigenvalue weighted by Crippen LogP contribution is -2.32. The van der Waals surface area contributed by atoms with E-state index in [4.69, 9.17) is 10.0 Å². The van der Waals surface area contributed by atoms with Crippen LogP contribution in [0.4, 0.5) is 0 Å². The number of hydrogen-bond donors (Lipinski definition) is 2. The molecule has 3 heteroatoms. The van der Waals surface area contributed by atoms with Gasteiger partial charge in [-0.2, -0.15) is 0 Å². The molecule has 0 radical (unpaired) electrons. The Morgan fingerprint density at radius 3 is 2.77 bits per heavy atom. The Kier molecular flexibility index (Phi) is 1.98. The average Bonchev–Trinajstić information content (AvgIpc) is 2.43. The van der Waals surface area contributed by atoms with Gasteiger partial charge in [0, 0.05) is 0 Å². The van der Waals surface area contributed by atoms with Gasteiger partial charge in [-0.3, -0.25) is 0 Å². The van der Waals surface area contributed by atoms with E-state index in [-0.39, 0.29) is 0 Å². The first-order valence-electron chi connectivity index (χ1n) is 4.33. The summed E-state index contributed by atoms with van der Waals surface area (Å²) in [7, 11) is -1.36. The highest BCUT2D eigenvalue weighted by atomic mass is 16.4. The fourth-order valence-corrected chi connectivity index (χ4v) is 1.79. The number of allylic oxidation sites excluding steroid dienone is 1. The summed E-state index contributed by atoms with van der Waals surface area (Å²) < 4.78 is 0. The molecule has 0 aliphatic heterocycles. The van der Waals surface area contributed by atoms with Crippen LogP contribution in [0.5, 0.6) is 0 Å². The van der Waals surface area contributed by atoms with Crippen LogP contribution in [0.3, 0.4) is 0 Å². The number of hydrogen-bond acceptors (Lipinski definition) is 2. The SMILES string of the molecule is CC1=Cc2c(cccc2B(O)O)C1. The van der Waals surface area contributed by atoms with E-state index in [1.165, 1.54) is 11.1 Å². The normalized spacial score (nSPS) is 13.9. The summed E-state index contributed by atoms with van der Waals surface area (Å²) in [4.78, 5) is 0. The second kappa shape index (κ2) is 3.02. The highest BCUT2D eigenvalue weighted by molar-refractivity contribution is 6.59. The minimum Gasteiger partial charge on any atom is -0.423 e. The summed E-state index contributed by atoms with van der Waals surface area (Å²) in [6, 6.07) is 5.63. The maximum Gasteiger partial charge on any atom is 0.489 e. The third-order valence-electron chi connectivity index (χ3n) is 2.37. The molecular weight excluding hydrogens is 163 g/mol. The third-order valence-corrected chi connectivity index (χ3v) is 2.37. The van der Waals surface area contributed by atoms with Gasteiger partial charge >= 0.3 is 7.12 Å². The standard InChI is InChI=1S/C10H11BO2/c1-7-5-8-3-2-4-10(11(12)13)9(8)6-7/h2-4,6,12-13H,5H2,1H3. The Bertz CT molecular complexity index is 369. The van der Waals surface area contributed by atoms with Crippen LogP contribution in [0.2, 0.25) is 0 Å². The minimum absolute atomic E-state index is 0.606. The first kappa shape index (κ1) is 8.54. The lowest BCUT2D eigenvalue weighted by molar-refractivity contribution is 0.425. The van der Waals surface area contributed by atoms with E-state index in [2.05, 4.69) is 0 Å². The van der Waals surface area contributed by atoms with Gasteiger partial charge in [-0.15, -0.1) is 0 Å². The van der Waals surface area contributed by atoms with E-state index < -0.39 is 7.12 Å². The fourth-order valence-electron chi connectivity index (χ4n) is 1.79. The Hall–Kier alpha value is -1.06. The minimum atomic E-state index is -1.36. The van der Waals surface area contributed by atoms with Gasteiger partial charge in [0.25, 0.3) is 0 Å². The van der Waals surface area contributed by atoms with Gasteiger partial charge in [0.2, 0.25) is 0 Å². The van der Waals surface area contributed by atoms with Crippen LogP contribution >= 0.6 is 0 Å². The van der Waals surface area contributed by atoms with E-state index in [1.54, 1.807) is 6.07 Å². The Morgan fingerprint density at radius 1 is 1.31 bits per heavy atom. The van der Waals surface area contributed by atoms with E-state index >= 15 is 0 Å². The predicted octanol–water partition coefficient (Wildman–Crippen LogP) is 0.326. The second-order valence-corrected chi connectivity index (χ2v) is 3.46. The molecule has 0 fully saturated rings. The van der Waals surface area contributed by atoms with Crippen LogP contribution in [-0.2, 0) is 6.42 Å². The summed E-state index contributed by atoms with van der Waals surface area (Å²) in [6.07, 6.45) is 2.94. The molecule has 0 atom stereocenters. The largest absolute Gasteiger partial charge is 0.489 e. The summed E-state index contributed by atoms with van der Waals surface area (Å²) in [6.45, 7) is 2.05. The summed E-state index contributed by atoms with van der Waals surface area (Å²) in [5.41, 5.74) is 4.04. The zero-order chi connectivity index (χ0) is 9.42. The Balaban J connectivity index is 2.55. The molecule has 0 spiro atoms. The van der Waals surface area contributed by atoms with E-state index in [9.17, 15) is 0 Å². The van der Waals surface area contributed by atoms with Crippen molar-refractivity contribution in [2.75, 3.05) is 0 Å². The number of rotatable bonds is 1. The van der Waals surface area contributed by atoms with Crippen molar-refractivity contribution in [1.29, 1.82) is 0 Å². The molecule has 0 bridgehead atoms. The number of benzene rings is 1. The zero-order valence-corrected chi connectivity index (χ0v) is 7.49. The van der Waals surface area contributed by atoms with Gasteiger partial charge in [0.15, 0.2) is 0 Å². The van der Waals surface area contributed by atoms with Crippen molar-refractivity contribution in [2.24, 2.45) is 0 Å². The summed E-state index contributed by atoms with van der Waals surface area (Å²) >= 11 is 0. The molecule has 1 aromatic carbocycles. The summed E-state index contributed by atoms with van der Waals surface area (Å²) in [5.74, 6) is 0. The molecule has 2 N–H and O–H groups in total. The molecule has 66 valence electrons. The van der Waals surface area contributed by atoms with Crippen molar-refractivity contribution < 1.29 is 10.0 Å². The first-order chi connectivity index (χ1) is 6.18. The van der Waals surface area contributed by atoms with Gasteiger partial charge in [0.05, 0.1) is 0 Å². The molecule has 0 amide bonds. The van der Waals surface area contributed by atoms with E-state index in [0.29, 0.717) is 5.46 Å². The van der Waals surface area contributed by atoms with Gasteiger partial charge in [-0.05, 0) is 29.9 Å². The molecule has 0 aromatic heterocycles. The molecule has 2 rings (SSSR count). The van der Waals surface area contributed by atoms with E-state index in [1.807, 2.05) is 25.1 Å². The molecule has 1 aliphatic carbocycles. The molecule has 0 saturated heterocycles. The van der Waals surface area contributed by atoms with Crippen molar-refractivity contribution in [3.05, 3.63) is 34.9 Å². The van der Waals surface area contributed by atoms with Gasteiger partial charge in [-0.1, -0.05) is 29.8 Å². The molecule has 1 aliphatic rings. The Labute approximate surface area is 77.7 Å².